The van der Waals surface area contributed by atoms with E-state index in [1.165, 1.54) is 69.6 Å². The van der Waals surface area contributed by atoms with Gasteiger partial charge in [-0.3, -0.25) is 9.59 Å². The average Bonchev–Trinajstić information content (AvgIpc) is 3.36. The minimum absolute atomic E-state index is 0.0225. The second-order valence-corrected chi connectivity index (χ2v) is 10.3. The summed E-state index contributed by atoms with van der Waals surface area (Å²) >= 11 is 1.24. The van der Waals surface area contributed by atoms with E-state index in [1.807, 2.05) is 30.3 Å². The molecule has 0 aliphatic carbocycles. The molecule has 2 N–H and O–H groups in total. The number of hydrogen-bond donors (Lipinski definition) is 2. The molecule has 2 aliphatic heterocycles. The van der Waals surface area contributed by atoms with Gasteiger partial charge < -0.3 is 20.4 Å². The Labute approximate surface area is 206 Å². The molecule has 4 rings (SSSR count). The topological polar surface area (TPSA) is 90.5 Å². The van der Waals surface area contributed by atoms with E-state index in [0.29, 0.717) is 29.4 Å². The Hall–Kier alpha value is -2.36. The zero-order chi connectivity index (χ0) is 23.6. The molecule has 2 fully saturated rings. The Kier molecular flexibility index (Phi) is 9.41. The van der Waals surface area contributed by atoms with Gasteiger partial charge in [0.15, 0.2) is 0 Å². The molecule has 1 aromatic carbocycles. The number of hydrogen-bond acceptors (Lipinski definition) is 7. The Bertz CT molecular complexity index is 907. The molecule has 9 heteroatoms. The number of benzene rings is 1. The molecular formula is C25H36N6O2S. The second kappa shape index (κ2) is 12.9. The lowest BCUT2D eigenvalue weighted by Crippen LogP contribution is -2.47. The number of rotatable bonds is 10. The number of nitrogens with one attached hydrogen (secondary N) is 2. The summed E-state index contributed by atoms with van der Waals surface area (Å²) in [5.41, 5.74) is 0.718. The van der Waals surface area contributed by atoms with E-state index in [4.69, 9.17) is 0 Å². The summed E-state index contributed by atoms with van der Waals surface area (Å²) in [6, 6.07) is 10.0. The van der Waals surface area contributed by atoms with Crippen molar-refractivity contribution >= 4 is 28.8 Å². The number of carbonyl (C=O) groups is 2. The number of anilines is 1. The van der Waals surface area contributed by atoms with Gasteiger partial charge in [-0.15, -0.1) is 10.2 Å². The summed E-state index contributed by atoms with van der Waals surface area (Å²) in [4.78, 5) is 29.7. The summed E-state index contributed by atoms with van der Waals surface area (Å²) in [7, 11) is 0. The van der Waals surface area contributed by atoms with Crippen LogP contribution in [0.15, 0.2) is 30.3 Å². The van der Waals surface area contributed by atoms with Crippen molar-refractivity contribution in [1.29, 1.82) is 0 Å². The number of aryl methyl sites for hydroxylation is 1. The number of para-hydroxylation sites is 1. The van der Waals surface area contributed by atoms with Crippen molar-refractivity contribution in [1.82, 2.24) is 25.3 Å². The number of aromatic nitrogens is 2. The molecule has 0 spiro atoms. The highest BCUT2D eigenvalue weighted by atomic mass is 32.1. The largest absolute Gasteiger partial charge is 0.356 e. The standard InChI is InChI=1S/C25H36N6O2S/c32-22(10-11-23-28-29-25(34-23)24(33)27-20-8-3-1-4-9-20)26-14-7-15-30-18-12-21(13-19-30)31-16-5-2-6-17-31/h1,3-4,8-9,21H,2,5-7,10-19H2,(H,26,32)(H,27,33). The lowest BCUT2D eigenvalue weighted by molar-refractivity contribution is -0.121. The van der Waals surface area contributed by atoms with Gasteiger partial charge in [-0.1, -0.05) is 36.0 Å². The molecule has 1 aromatic heterocycles. The van der Waals surface area contributed by atoms with Crippen LogP contribution in [-0.4, -0.2) is 77.1 Å². The van der Waals surface area contributed by atoms with Crippen LogP contribution in [-0.2, 0) is 11.2 Å². The van der Waals surface area contributed by atoms with Gasteiger partial charge in [-0.05, 0) is 77.0 Å². The lowest BCUT2D eigenvalue weighted by atomic mass is 10.00. The molecule has 0 unspecified atom stereocenters. The molecule has 0 atom stereocenters. The van der Waals surface area contributed by atoms with Crippen molar-refractivity contribution < 1.29 is 9.59 Å². The zero-order valence-electron chi connectivity index (χ0n) is 19.9. The minimum atomic E-state index is -0.278. The van der Waals surface area contributed by atoms with Crippen LogP contribution in [0, 0.1) is 0 Å². The molecule has 0 radical (unpaired) electrons. The highest BCUT2D eigenvalue weighted by Crippen LogP contribution is 2.21. The summed E-state index contributed by atoms with van der Waals surface area (Å²) in [6.45, 7) is 6.67. The molecule has 0 saturated carbocycles. The summed E-state index contributed by atoms with van der Waals surface area (Å²) in [5, 5.41) is 14.9. The lowest BCUT2D eigenvalue weighted by Gasteiger charge is -2.40. The number of amides is 2. The van der Waals surface area contributed by atoms with E-state index in [2.05, 4.69) is 30.6 Å². The summed E-state index contributed by atoms with van der Waals surface area (Å²) in [5.74, 6) is -0.256. The fourth-order valence-corrected chi connectivity index (χ4v) is 5.52. The van der Waals surface area contributed by atoms with E-state index in [9.17, 15) is 9.59 Å². The molecule has 2 amide bonds. The first-order valence-electron chi connectivity index (χ1n) is 12.6. The van der Waals surface area contributed by atoms with E-state index >= 15 is 0 Å². The van der Waals surface area contributed by atoms with Crippen LogP contribution in [0.3, 0.4) is 0 Å². The van der Waals surface area contributed by atoms with Crippen molar-refractivity contribution in [3.05, 3.63) is 40.3 Å². The number of carbonyl (C=O) groups excluding carboxylic acids is 2. The summed E-state index contributed by atoms with van der Waals surface area (Å²) in [6.07, 6.45) is 8.51. The van der Waals surface area contributed by atoms with Crippen molar-refractivity contribution in [3.63, 3.8) is 0 Å². The molecule has 0 bridgehead atoms. The third-order valence-electron chi connectivity index (χ3n) is 6.70. The summed E-state index contributed by atoms with van der Waals surface area (Å²) < 4.78 is 0. The Balaban J connectivity index is 1.07. The Morgan fingerprint density at radius 2 is 1.76 bits per heavy atom. The molecule has 8 nitrogen and oxygen atoms in total. The zero-order valence-corrected chi connectivity index (χ0v) is 20.7. The smallest absolute Gasteiger partial charge is 0.286 e. The molecule has 3 heterocycles. The molecule has 34 heavy (non-hydrogen) atoms. The first-order valence-corrected chi connectivity index (χ1v) is 13.4. The predicted molar refractivity (Wildman–Crippen MR) is 135 cm³/mol. The van der Waals surface area contributed by atoms with Crippen molar-refractivity contribution in [3.8, 4) is 0 Å². The van der Waals surface area contributed by atoms with Crippen LogP contribution < -0.4 is 10.6 Å². The van der Waals surface area contributed by atoms with Crippen molar-refractivity contribution in [2.45, 2.75) is 57.4 Å². The van der Waals surface area contributed by atoms with Gasteiger partial charge in [-0.2, -0.15) is 0 Å². The van der Waals surface area contributed by atoms with Gasteiger partial charge >= 0.3 is 0 Å². The van der Waals surface area contributed by atoms with Gasteiger partial charge in [0.25, 0.3) is 5.91 Å². The van der Waals surface area contributed by atoms with Crippen LogP contribution in [0.4, 0.5) is 5.69 Å². The van der Waals surface area contributed by atoms with Crippen LogP contribution in [0.2, 0.25) is 0 Å². The molecule has 184 valence electrons. The Morgan fingerprint density at radius 1 is 1.00 bits per heavy atom. The van der Waals surface area contributed by atoms with E-state index in [-0.39, 0.29) is 11.8 Å². The molecular weight excluding hydrogens is 448 g/mol. The molecule has 2 aromatic rings. The first-order chi connectivity index (χ1) is 16.7. The van der Waals surface area contributed by atoms with E-state index in [0.717, 1.165) is 24.7 Å². The maximum absolute atomic E-state index is 12.3. The van der Waals surface area contributed by atoms with Crippen LogP contribution in [0.25, 0.3) is 0 Å². The third kappa shape index (κ3) is 7.58. The fraction of sp³-hybridized carbons (Fsp3) is 0.600. The molecule has 2 aliphatic rings. The molecule has 2 saturated heterocycles. The highest BCUT2D eigenvalue weighted by Gasteiger charge is 2.25. The third-order valence-corrected chi connectivity index (χ3v) is 7.68. The highest BCUT2D eigenvalue weighted by molar-refractivity contribution is 7.13. The maximum atomic E-state index is 12.3. The normalized spacial score (nSPS) is 18.0. The van der Waals surface area contributed by atoms with Crippen molar-refractivity contribution in [2.75, 3.05) is 44.6 Å². The fourth-order valence-electron chi connectivity index (χ4n) is 4.78. The van der Waals surface area contributed by atoms with E-state index in [1.54, 1.807) is 0 Å². The van der Waals surface area contributed by atoms with Crippen LogP contribution >= 0.6 is 11.3 Å². The van der Waals surface area contributed by atoms with Crippen LogP contribution in [0.5, 0.6) is 0 Å². The predicted octanol–water partition coefficient (Wildman–Crippen LogP) is 3.18. The van der Waals surface area contributed by atoms with Gasteiger partial charge in [0, 0.05) is 31.1 Å². The first kappa shape index (κ1) is 24.8. The van der Waals surface area contributed by atoms with Gasteiger partial charge in [0.2, 0.25) is 10.9 Å². The average molecular weight is 485 g/mol. The number of piperidine rings is 2. The number of likely N-dealkylation sites (tertiary alicyclic amines) is 2. The second-order valence-electron chi connectivity index (χ2n) is 9.19. The van der Waals surface area contributed by atoms with E-state index < -0.39 is 0 Å². The monoisotopic (exact) mass is 484 g/mol. The van der Waals surface area contributed by atoms with Crippen LogP contribution in [0.1, 0.15) is 59.8 Å². The van der Waals surface area contributed by atoms with Crippen molar-refractivity contribution in [2.24, 2.45) is 0 Å². The van der Waals surface area contributed by atoms with Gasteiger partial charge in [-0.25, -0.2) is 0 Å². The van der Waals surface area contributed by atoms with Gasteiger partial charge in [0.1, 0.15) is 5.01 Å². The van der Waals surface area contributed by atoms with Gasteiger partial charge in [0.05, 0.1) is 0 Å². The SMILES string of the molecule is O=C(CCc1nnc(C(=O)Nc2ccccc2)s1)NCCCN1CCC(N2CCCCC2)CC1. The minimum Gasteiger partial charge on any atom is -0.356 e. The Morgan fingerprint density at radius 3 is 2.53 bits per heavy atom. The maximum Gasteiger partial charge on any atom is 0.286 e. The number of nitrogens with zero attached hydrogens (tertiary/aromatic N) is 4. The quantitative estimate of drug-likeness (QED) is 0.504.